The van der Waals surface area contributed by atoms with Gasteiger partial charge in [-0.15, -0.1) is 0 Å². The maximum atomic E-state index is 10.2. The van der Waals surface area contributed by atoms with Crippen LogP contribution in [-0.4, -0.2) is 28.4 Å². The second-order valence-electron chi connectivity index (χ2n) is 8.44. The summed E-state index contributed by atoms with van der Waals surface area (Å²) < 4.78 is 6.59. The van der Waals surface area contributed by atoms with Gasteiger partial charge in [-0.05, 0) is 43.2 Å². The van der Waals surface area contributed by atoms with Crippen molar-refractivity contribution in [3.05, 3.63) is 89.5 Å². The molecule has 3 atom stereocenters. The Bertz CT molecular complexity index is 1170. The van der Waals surface area contributed by atoms with Crippen molar-refractivity contribution in [2.45, 2.75) is 37.5 Å². The number of benzene rings is 3. The summed E-state index contributed by atoms with van der Waals surface area (Å²) in [6.45, 7) is 0. The van der Waals surface area contributed by atoms with E-state index in [0.717, 1.165) is 37.0 Å². The van der Waals surface area contributed by atoms with E-state index in [9.17, 15) is 10.2 Å². The zero-order valence-corrected chi connectivity index (χ0v) is 17.8. The van der Waals surface area contributed by atoms with Gasteiger partial charge in [0.25, 0.3) is 0 Å². The fourth-order valence-electron chi connectivity index (χ4n) is 4.81. The summed E-state index contributed by atoms with van der Waals surface area (Å²) in [5.74, 6) is 1.25. The average molecular weight is 427 g/mol. The molecule has 0 unspecified atom stereocenters. The highest BCUT2D eigenvalue weighted by Gasteiger charge is 2.51. The predicted molar refractivity (Wildman–Crippen MR) is 126 cm³/mol. The van der Waals surface area contributed by atoms with Crippen molar-refractivity contribution < 1.29 is 14.9 Å². The summed E-state index contributed by atoms with van der Waals surface area (Å²) in [6, 6.07) is 22.3. The summed E-state index contributed by atoms with van der Waals surface area (Å²) >= 11 is 0. The lowest BCUT2D eigenvalue weighted by molar-refractivity contribution is -0.0426. The molecule has 1 saturated carbocycles. The Morgan fingerprint density at radius 1 is 0.812 bits per heavy atom. The number of phenolic OH excluding ortho intramolecular Hbond substituents is 2. The smallest absolute Gasteiger partial charge is 0.205 e. The van der Waals surface area contributed by atoms with Crippen LogP contribution in [0.4, 0.5) is 0 Å². The molecule has 1 aliphatic carbocycles. The minimum absolute atomic E-state index is 0.0513. The maximum Gasteiger partial charge on any atom is 0.205 e. The van der Waals surface area contributed by atoms with E-state index in [-0.39, 0.29) is 23.5 Å². The summed E-state index contributed by atoms with van der Waals surface area (Å²) in [5, 5.41) is 20.4. The molecule has 1 heterocycles. The third kappa shape index (κ3) is 3.75. The highest BCUT2D eigenvalue weighted by Crippen LogP contribution is 2.52. The van der Waals surface area contributed by atoms with Crippen LogP contribution in [0.15, 0.2) is 82.8 Å². The number of hydrogen-bond donors (Lipinski definition) is 2. The quantitative estimate of drug-likeness (QED) is 0.529. The van der Waals surface area contributed by atoms with E-state index < -0.39 is 5.72 Å². The minimum atomic E-state index is -0.740. The monoisotopic (exact) mass is 426 g/mol. The number of hydrogen-bond acceptors (Lipinski definition) is 5. The summed E-state index contributed by atoms with van der Waals surface area (Å²) in [7, 11) is 0. The van der Waals surface area contributed by atoms with E-state index >= 15 is 0 Å². The normalized spacial score (nSPS) is 24.8. The third-order valence-corrected chi connectivity index (χ3v) is 6.45. The number of rotatable bonds is 4. The van der Waals surface area contributed by atoms with Gasteiger partial charge in [-0.1, -0.05) is 48.9 Å². The Kier molecular flexibility index (Phi) is 5.39. The van der Waals surface area contributed by atoms with Gasteiger partial charge >= 0.3 is 0 Å². The number of nitrogens with zero attached hydrogens (tertiary/aromatic N) is 2. The largest absolute Gasteiger partial charge is 0.507 e. The van der Waals surface area contributed by atoms with Crippen LogP contribution in [0.2, 0.25) is 0 Å². The van der Waals surface area contributed by atoms with Crippen LogP contribution in [0.25, 0.3) is 0 Å². The summed E-state index contributed by atoms with van der Waals surface area (Å²) in [5.41, 5.74) is 1.66. The van der Waals surface area contributed by atoms with Crippen molar-refractivity contribution in [3.63, 3.8) is 0 Å². The van der Waals surface area contributed by atoms with E-state index in [4.69, 9.17) is 14.7 Å². The molecule has 3 aromatic rings. The van der Waals surface area contributed by atoms with E-state index in [2.05, 4.69) is 6.07 Å². The van der Waals surface area contributed by atoms with Gasteiger partial charge in [0.15, 0.2) is 0 Å². The molecular formula is C27H26N2O3. The molecule has 5 heteroatoms. The molecule has 1 fully saturated rings. The zero-order valence-electron chi connectivity index (χ0n) is 17.8. The van der Waals surface area contributed by atoms with Crippen LogP contribution < -0.4 is 4.74 Å². The van der Waals surface area contributed by atoms with Crippen LogP contribution in [0.1, 0.15) is 48.4 Å². The first-order valence-corrected chi connectivity index (χ1v) is 11.1. The Balaban J connectivity index is 1.57. The molecule has 2 N–H and O–H groups in total. The number of para-hydroxylation sites is 3. The van der Waals surface area contributed by atoms with Gasteiger partial charge in [0.1, 0.15) is 17.2 Å². The highest BCUT2D eigenvalue weighted by atomic mass is 16.5. The molecule has 2 aliphatic rings. The van der Waals surface area contributed by atoms with Crippen LogP contribution in [0, 0.1) is 5.92 Å². The molecule has 162 valence electrons. The molecule has 0 bridgehead atoms. The first-order chi connectivity index (χ1) is 15.7. The number of aromatic hydroxyl groups is 2. The highest BCUT2D eigenvalue weighted by molar-refractivity contribution is 5.84. The Morgan fingerprint density at radius 2 is 1.47 bits per heavy atom. The van der Waals surface area contributed by atoms with Crippen molar-refractivity contribution in [2.24, 2.45) is 15.9 Å². The van der Waals surface area contributed by atoms with Crippen molar-refractivity contribution in [2.75, 3.05) is 0 Å². The van der Waals surface area contributed by atoms with Gasteiger partial charge in [0, 0.05) is 41.5 Å². The van der Waals surface area contributed by atoms with Crippen LogP contribution in [-0.2, 0) is 0 Å². The fourth-order valence-corrected chi connectivity index (χ4v) is 4.81. The van der Waals surface area contributed by atoms with Crippen molar-refractivity contribution >= 4 is 12.4 Å². The van der Waals surface area contributed by atoms with Gasteiger partial charge in [0.05, 0.1) is 6.04 Å². The zero-order chi connectivity index (χ0) is 22.0. The third-order valence-electron chi connectivity index (χ3n) is 6.45. The lowest BCUT2D eigenvalue weighted by atomic mass is 9.73. The molecule has 0 amide bonds. The number of fused-ring (bicyclic) bond motifs is 2. The van der Waals surface area contributed by atoms with Gasteiger partial charge in [-0.3, -0.25) is 4.99 Å². The molecule has 0 aromatic heterocycles. The number of aliphatic imine (C=N–C) groups is 2. The van der Waals surface area contributed by atoms with E-state index in [1.54, 1.807) is 36.7 Å². The molecular weight excluding hydrogens is 400 g/mol. The number of ether oxygens (including phenoxy) is 1. The molecule has 1 aliphatic heterocycles. The molecule has 0 radical (unpaired) electrons. The molecule has 0 saturated heterocycles. The Morgan fingerprint density at radius 3 is 2.22 bits per heavy atom. The van der Waals surface area contributed by atoms with Crippen LogP contribution in [0.3, 0.4) is 0 Å². The Hall–Kier alpha value is -3.60. The molecule has 5 rings (SSSR count). The van der Waals surface area contributed by atoms with Gasteiger partial charge in [0.2, 0.25) is 5.72 Å². The number of phenols is 2. The molecule has 3 aromatic carbocycles. The molecule has 0 spiro atoms. The van der Waals surface area contributed by atoms with Crippen molar-refractivity contribution in [1.29, 1.82) is 0 Å². The lowest BCUT2D eigenvalue weighted by Gasteiger charge is -2.47. The second-order valence-corrected chi connectivity index (χ2v) is 8.44. The second kappa shape index (κ2) is 8.50. The first-order valence-electron chi connectivity index (χ1n) is 11.1. The topological polar surface area (TPSA) is 74.4 Å². The summed E-state index contributed by atoms with van der Waals surface area (Å²) in [4.78, 5) is 9.93. The lowest BCUT2D eigenvalue weighted by Crippen LogP contribution is -2.49. The van der Waals surface area contributed by atoms with E-state index in [1.165, 1.54) is 0 Å². The van der Waals surface area contributed by atoms with Gasteiger partial charge in [-0.25, -0.2) is 4.99 Å². The van der Waals surface area contributed by atoms with Crippen LogP contribution in [0.5, 0.6) is 17.2 Å². The van der Waals surface area contributed by atoms with Crippen molar-refractivity contribution in [1.82, 2.24) is 0 Å². The van der Waals surface area contributed by atoms with Crippen molar-refractivity contribution in [3.8, 4) is 17.2 Å². The van der Waals surface area contributed by atoms with Crippen LogP contribution >= 0.6 is 0 Å². The minimum Gasteiger partial charge on any atom is -0.507 e. The average Bonchev–Trinajstić information content (AvgIpc) is 2.82. The molecule has 5 nitrogen and oxygen atoms in total. The molecule has 32 heavy (non-hydrogen) atoms. The first kappa shape index (κ1) is 20.3. The van der Waals surface area contributed by atoms with E-state index in [1.807, 2.05) is 42.5 Å². The Labute approximate surface area is 187 Å². The standard InChI is InChI=1S/C27H26N2O3/c30-23-13-4-1-9-19(23)17-28-26-21-11-3-6-15-25(21)32-27(16-8-7-12-22(26)27)29-18-20-10-2-5-14-24(20)31/h1-6,9-11,13-15,17-18,22,26,30-31H,7-8,12,16H2/t22-,26-,27+/m0/s1. The van der Waals surface area contributed by atoms with Gasteiger partial charge in [-0.2, -0.15) is 0 Å². The SMILES string of the molecule is Oc1ccccc1C=N[C@H]1c2ccccc2O[C@]2(N=Cc3ccccc3O)CCCC[C@@H]12. The summed E-state index contributed by atoms with van der Waals surface area (Å²) in [6.07, 6.45) is 7.33. The van der Waals surface area contributed by atoms with Gasteiger partial charge < -0.3 is 14.9 Å². The predicted octanol–water partition coefficient (Wildman–Crippen LogP) is 5.66. The maximum absolute atomic E-state index is 10.2. The van der Waals surface area contributed by atoms with E-state index in [0.29, 0.717) is 11.1 Å². The fraction of sp³-hybridized carbons (Fsp3) is 0.259.